The van der Waals surface area contributed by atoms with Crippen molar-refractivity contribution in [2.45, 2.75) is 19.6 Å². The van der Waals surface area contributed by atoms with Gasteiger partial charge in [-0.2, -0.15) is 24.8 Å². The van der Waals surface area contributed by atoms with Gasteiger partial charge < -0.3 is 15.1 Å². The fourth-order valence-corrected chi connectivity index (χ4v) is 4.40. The number of hydrogen-bond donors (Lipinski definition) is 1. The molecule has 2 heterocycles. The molecular formula is C19H25ClN4OSi-. The molecule has 2 amide bonds. The fraction of sp³-hybridized carbons (Fsp3) is 0.368. The highest BCUT2D eigenvalue weighted by Gasteiger charge is 2.23. The Morgan fingerprint density at radius 1 is 1.08 bits per heavy atom. The number of piperazine rings is 1. The van der Waals surface area contributed by atoms with E-state index in [0.29, 0.717) is 18.1 Å². The molecule has 139 valence electrons. The van der Waals surface area contributed by atoms with E-state index in [1.807, 2.05) is 29.2 Å². The molecule has 0 atom stereocenters. The molecule has 0 aliphatic carbocycles. The van der Waals surface area contributed by atoms with Crippen LogP contribution in [0.15, 0.2) is 42.6 Å². The summed E-state index contributed by atoms with van der Waals surface area (Å²) in [6.45, 7) is 9.67. The van der Waals surface area contributed by atoms with Gasteiger partial charge in [0.2, 0.25) is 0 Å². The highest BCUT2D eigenvalue weighted by molar-refractivity contribution is 6.88. The van der Waals surface area contributed by atoms with Crippen molar-refractivity contribution >= 4 is 42.4 Å². The van der Waals surface area contributed by atoms with Crippen LogP contribution in [0.5, 0.6) is 0 Å². The average molecular weight is 389 g/mol. The van der Waals surface area contributed by atoms with E-state index in [1.54, 1.807) is 6.20 Å². The molecule has 5 nitrogen and oxygen atoms in total. The van der Waals surface area contributed by atoms with Crippen LogP contribution in [0.25, 0.3) is 0 Å². The molecule has 1 fully saturated rings. The number of nitrogens with one attached hydrogen (secondary N) is 1. The molecule has 0 radical (unpaired) electrons. The normalized spacial score (nSPS) is 15.1. The second kappa shape index (κ2) is 7.68. The van der Waals surface area contributed by atoms with Gasteiger partial charge in [-0.25, -0.2) is 9.78 Å². The fourth-order valence-electron chi connectivity index (χ4n) is 2.99. The number of carbonyl (C=O) groups excluding carboxylic acids is 1. The predicted octanol–water partition coefficient (Wildman–Crippen LogP) is 3.63. The Kier molecular flexibility index (Phi) is 5.53. The number of amides is 2. The van der Waals surface area contributed by atoms with Gasteiger partial charge in [-0.15, -0.1) is 8.07 Å². The molecule has 7 heteroatoms. The van der Waals surface area contributed by atoms with E-state index in [2.05, 4.69) is 47.0 Å². The summed E-state index contributed by atoms with van der Waals surface area (Å²) in [4.78, 5) is 20.8. The van der Waals surface area contributed by atoms with Gasteiger partial charge in [0.05, 0.1) is 5.02 Å². The number of urea groups is 1. The van der Waals surface area contributed by atoms with Crippen molar-refractivity contribution in [3.05, 3.63) is 47.6 Å². The van der Waals surface area contributed by atoms with Crippen molar-refractivity contribution in [2.75, 3.05) is 36.4 Å². The van der Waals surface area contributed by atoms with Gasteiger partial charge in [-0.3, -0.25) is 0 Å². The molecule has 0 bridgehead atoms. The zero-order valence-corrected chi connectivity index (χ0v) is 17.3. The zero-order chi connectivity index (χ0) is 18.7. The van der Waals surface area contributed by atoms with E-state index in [4.69, 9.17) is 11.6 Å². The summed E-state index contributed by atoms with van der Waals surface area (Å²) < 4.78 is 0. The minimum absolute atomic E-state index is 0.0579. The molecular weight excluding hydrogens is 364 g/mol. The van der Waals surface area contributed by atoms with Gasteiger partial charge >= 0.3 is 6.03 Å². The minimum Gasteiger partial charge on any atom is -0.352 e. The van der Waals surface area contributed by atoms with Gasteiger partial charge in [0.15, 0.2) is 0 Å². The standard InChI is InChI=1S/C19H25ClN4OSi/c1-26(2,3)16-8-6-15(7-9-16)22-19(25)24-13-11-23(12-14-24)18-17(20)5-4-10-21-18/h4-10H,11-14H2,1-3H3,(H,22,25)/q-1. The third kappa shape index (κ3) is 4.37. The Labute approximate surface area is 161 Å². The summed E-state index contributed by atoms with van der Waals surface area (Å²) in [7, 11) is -1.32. The molecule has 0 saturated carbocycles. The van der Waals surface area contributed by atoms with Crippen molar-refractivity contribution < 1.29 is 4.79 Å². The third-order valence-corrected chi connectivity index (χ3v) is 6.97. The third-order valence-electron chi connectivity index (χ3n) is 4.61. The summed E-state index contributed by atoms with van der Waals surface area (Å²) in [6, 6.07) is 11.9. The number of carbonyl (C=O) groups is 1. The summed E-state index contributed by atoms with van der Waals surface area (Å²) >= 11 is 6.21. The molecule has 1 aromatic heterocycles. The SMILES string of the molecule is C[Si-](C)(C)c1ccc(NC(=O)N2CCN(c3ncccc3Cl)CC2)cc1. The van der Waals surface area contributed by atoms with Crippen LogP contribution in [0.2, 0.25) is 24.7 Å². The van der Waals surface area contributed by atoms with E-state index >= 15 is 0 Å². The van der Waals surface area contributed by atoms with Crippen LogP contribution < -0.4 is 15.4 Å². The highest BCUT2D eigenvalue weighted by atomic mass is 35.5. The quantitative estimate of drug-likeness (QED) is 0.816. The largest absolute Gasteiger partial charge is 0.352 e. The molecule has 1 aromatic carbocycles. The number of rotatable bonds is 3. The van der Waals surface area contributed by atoms with Gasteiger partial charge in [-0.1, -0.05) is 23.7 Å². The predicted molar refractivity (Wildman–Crippen MR) is 111 cm³/mol. The number of aromatic nitrogens is 1. The lowest BCUT2D eigenvalue weighted by Gasteiger charge is -2.35. The minimum atomic E-state index is -1.32. The van der Waals surface area contributed by atoms with Gasteiger partial charge in [0, 0.05) is 38.1 Å². The first-order chi connectivity index (χ1) is 12.3. The van der Waals surface area contributed by atoms with Crippen molar-refractivity contribution in [1.82, 2.24) is 9.88 Å². The molecule has 1 N–H and O–H groups in total. The van der Waals surface area contributed by atoms with Crippen LogP contribution in [-0.4, -0.2) is 50.2 Å². The Morgan fingerprint density at radius 3 is 2.31 bits per heavy atom. The van der Waals surface area contributed by atoms with Gasteiger partial charge in [-0.05, 0) is 24.3 Å². The molecule has 0 spiro atoms. The van der Waals surface area contributed by atoms with Crippen LogP contribution in [-0.2, 0) is 0 Å². The van der Waals surface area contributed by atoms with Crippen LogP contribution in [0.3, 0.4) is 0 Å². The maximum absolute atomic E-state index is 12.5. The van der Waals surface area contributed by atoms with Crippen LogP contribution >= 0.6 is 11.6 Å². The number of benzene rings is 1. The first kappa shape index (κ1) is 18.7. The zero-order valence-electron chi connectivity index (χ0n) is 15.5. The maximum atomic E-state index is 12.5. The van der Waals surface area contributed by atoms with Crippen molar-refractivity contribution in [3.63, 3.8) is 0 Å². The van der Waals surface area contributed by atoms with Crippen LogP contribution in [0.4, 0.5) is 16.3 Å². The van der Waals surface area contributed by atoms with E-state index < -0.39 is 8.07 Å². The lowest BCUT2D eigenvalue weighted by Crippen LogP contribution is -2.50. The molecule has 3 rings (SSSR count). The first-order valence-electron chi connectivity index (χ1n) is 8.86. The summed E-state index contributed by atoms with van der Waals surface area (Å²) in [5, 5.41) is 5.03. The second-order valence-corrected chi connectivity index (χ2v) is 13.0. The second-order valence-electron chi connectivity index (χ2n) is 7.54. The van der Waals surface area contributed by atoms with Crippen LogP contribution in [0.1, 0.15) is 0 Å². The monoisotopic (exact) mass is 388 g/mol. The van der Waals surface area contributed by atoms with E-state index in [1.165, 1.54) is 5.19 Å². The van der Waals surface area contributed by atoms with Gasteiger partial charge in [0.1, 0.15) is 5.82 Å². The van der Waals surface area contributed by atoms with Crippen molar-refractivity contribution in [1.29, 1.82) is 0 Å². The number of pyridine rings is 1. The Hall–Kier alpha value is -2.05. The molecule has 1 aliphatic rings. The molecule has 0 unspecified atom stereocenters. The summed E-state index contributed by atoms with van der Waals surface area (Å²) in [6.07, 6.45) is 1.74. The number of anilines is 2. The molecule has 1 aliphatic heterocycles. The average Bonchev–Trinajstić information content (AvgIpc) is 2.62. The lowest BCUT2D eigenvalue weighted by molar-refractivity contribution is 0.208. The Bertz CT molecular complexity index is 768. The molecule has 2 aromatic rings. The Balaban J connectivity index is 1.56. The highest BCUT2D eigenvalue weighted by Crippen LogP contribution is 2.23. The van der Waals surface area contributed by atoms with Crippen molar-refractivity contribution in [3.8, 4) is 0 Å². The summed E-state index contributed by atoms with van der Waals surface area (Å²) in [5.41, 5.74) is 0.840. The molecule has 1 saturated heterocycles. The van der Waals surface area contributed by atoms with E-state index in [0.717, 1.165) is 24.6 Å². The van der Waals surface area contributed by atoms with Crippen LogP contribution in [0, 0.1) is 0 Å². The number of nitrogens with zero attached hydrogens (tertiary/aromatic N) is 3. The van der Waals surface area contributed by atoms with Gasteiger partial charge in [0.25, 0.3) is 0 Å². The van der Waals surface area contributed by atoms with E-state index in [9.17, 15) is 4.79 Å². The first-order valence-corrected chi connectivity index (χ1v) is 12.7. The molecule has 26 heavy (non-hydrogen) atoms. The smallest absolute Gasteiger partial charge is 0.321 e. The summed E-state index contributed by atoms with van der Waals surface area (Å²) in [5.74, 6) is 0.788. The lowest BCUT2D eigenvalue weighted by atomic mass is 10.3. The Morgan fingerprint density at radius 2 is 1.73 bits per heavy atom. The number of halogens is 1. The van der Waals surface area contributed by atoms with Crippen molar-refractivity contribution in [2.24, 2.45) is 0 Å². The maximum Gasteiger partial charge on any atom is 0.321 e. The number of hydrogen-bond acceptors (Lipinski definition) is 3. The topological polar surface area (TPSA) is 48.5 Å². The van der Waals surface area contributed by atoms with E-state index in [-0.39, 0.29) is 6.03 Å².